The van der Waals surface area contributed by atoms with Crippen LogP contribution in [0.1, 0.15) is 25.3 Å². The van der Waals surface area contributed by atoms with Crippen molar-refractivity contribution in [1.82, 2.24) is 0 Å². The molecule has 2 fully saturated rings. The number of hydrogen-bond donors (Lipinski definition) is 0. The van der Waals surface area contributed by atoms with E-state index in [1.54, 1.807) is 0 Å². The number of carbonyl (C=O) groups excluding carboxylic acids is 1. The molecule has 0 N–H and O–H groups in total. The Balaban J connectivity index is 1.66. The summed E-state index contributed by atoms with van der Waals surface area (Å²) in [7, 11) is 0. The largest absolute Gasteiger partial charge is 0.433 e. The molecule has 0 radical (unpaired) electrons. The van der Waals surface area contributed by atoms with E-state index in [4.69, 9.17) is 23.7 Å². The third-order valence-electron chi connectivity index (χ3n) is 4.00. The number of fused-ring (bicyclic) bond motifs is 1. The standard InChI is InChI=1S/C17H22O6/c1-12(18)22-17-15(20-9-13-5-3-2-4-6-13)8-7-14-16(23-17)10-19-11-21-14/h2-6,14-17H,7-11H2,1H3/t14-,15+,16+,17+/m0/s1. The second-order valence-electron chi connectivity index (χ2n) is 5.76. The quantitative estimate of drug-likeness (QED) is 0.790. The first-order valence-electron chi connectivity index (χ1n) is 7.90. The molecule has 126 valence electrons. The van der Waals surface area contributed by atoms with Crippen LogP contribution in [0.2, 0.25) is 0 Å². The monoisotopic (exact) mass is 322 g/mol. The molecule has 1 aromatic carbocycles. The first-order valence-corrected chi connectivity index (χ1v) is 7.90. The van der Waals surface area contributed by atoms with Crippen LogP contribution >= 0.6 is 0 Å². The molecule has 0 saturated carbocycles. The van der Waals surface area contributed by atoms with E-state index in [0.29, 0.717) is 19.6 Å². The van der Waals surface area contributed by atoms with Gasteiger partial charge in [0.15, 0.2) is 0 Å². The highest BCUT2D eigenvalue weighted by molar-refractivity contribution is 5.66. The van der Waals surface area contributed by atoms with Crippen molar-refractivity contribution in [2.75, 3.05) is 13.4 Å². The Bertz CT molecular complexity index is 505. The van der Waals surface area contributed by atoms with Crippen LogP contribution in [0.25, 0.3) is 0 Å². The summed E-state index contributed by atoms with van der Waals surface area (Å²) in [6.45, 7) is 2.53. The molecule has 0 aliphatic carbocycles. The van der Waals surface area contributed by atoms with Gasteiger partial charge in [-0.1, -0.05) is 30.3 Å². The van der Waals surface area contributed by atoms with E-state index in [2.05, 4.69) is 0 Å². The van der Waals surface area contributed by atoms with Gasteiger partial charge in [-0.15, -0.1) is 0 Å². The lowest BCUT2D eigenvalue weighted by Crippen LogP contribution is -2.43. The van der Waals surface area contributed by atoms with Gasteiger partial charge >= 0.3 is 5.97 Å². The predicted molar refractivity (Wildman–Crippen MR) is 80.4 cm³/mol. The minimum Gasteiger partial charge on any atom is -0.433 e. The van der Waals surface area contributed by atoms with Crippen molar-refractivity contribution in [2.24, 2.45) is 0 Å². The lowest BCUT2D eigenvalue weighted by atomic mass is 10.1. The molecular weight excluding hydrogens is 300 g/mol. The van der Waals surface area contributed by atoms with Crippen molar-refractivity contribution >= 4 is 5.97 Å². The van der Waals surface area contributed by atoms with E-state index in [9.17, 15) is 4.79 Å². The maximum absolute atomic E-state index is 11.4. The summed E-state index contributed by atoms with van der Waals surface area (Å²) in [5.74, 6) is -0.389. The van der Waals surface area contributed by atoms with Crippen molar-refractivity contribution in [3.63, 3.8) is 0 Å². The number of hydrogen-bond acceptors (Lipinski definition) is 6. The number of carbonyl (C=O) groups is 1. The molecule has 4 atom stereocenters. The van der Waals surface area contributed by atoms with E-state index in [1.807, 2.05) is 30.3 Å². The minimum atomic E-state index is -0.739. The van der Waals surface area contributed by atoms with Crippen LogP contribution < -0.4 is 0 Å². The van der Waals surface area contributed by atoms with Crippen LogP contribution in [0.4, 0.5) is 0 Å². The molecule has 0 unspecified atom stereocenters. The summed E-state index contributed by atoms with van der Waals surface area (Å²) in [5, 5.41) is 0. The SMILES string of the molecule is CC(=O)O[C@@H]1O[C@@H]2COCO[C@H]2CC[C@H]1OCc1ccccc1. The summed E-state index contributed by atoms with van der Waals surface area (Å²) in [5.41, 5.74) is 1.07. The van der Waals surface area contributed by atoms with Crippen molar-refractivity contribution in [3.05, 3.63) is 35.9 Å². The minimum absolute atomic E-state index is 0.0490. The second-order valence-corrected chi connectivity index (χ2v) is 5.76. The molecule has 23 heavy (non-hydrogen) atoms. The average Bonchev–Trinajstić information content (AvgIpc) is 2.72. The Morgan fingerprint density at radius 2 is 2.04 bits per heavy atom. The fraction of sp³-hybridized carbons (Fsp3) is 0.588. The highest BCUT2D eigenvalue weighted by atomic mass is 16.7. The van der Waals surface area contributed by atoms with Gasteiger partial charge in [0.05, 0.1) is 19.3 Å². The van der Waals surface area contributed by atoms with Gasteiger partial charge in [-0.05, 0) is 18.4 Å². The zero-order chi connectivity index (χ0) is 16.1. The highest BCUT2D eigenvalue weighted by Gasteiger charge is 2.39. The van der Waals surface area contributed by atoms with Crippen molar-refractivity contribution < 1.29 is 28.5 Å². The number of rotatable bonds is 4. The molecule has 6 nitrogen and oxygen atoms in total. The fourth-order valence-electron chi connectivity index (χ4n) is 2.84. The predicted octanol–water partition coefficient (Wildman–Crippen LogP) is 2.01. The zero-order valence-electron chi connectivity index (χ0n) is 13.2. The molecule has 2 saturated heterocycles. The first-order chi connectivity index (χ1) is 11.2. The Morgan fingerprint density at radius 3 is 2.83 bits per heavy atom. The van der Waals surface area contributed by atoms with Gasteiger partial charge in [-0.25, -0.2) is 0 Å². The molecule has 0 amide bonds. The van der Waals surface area contributed by atoms with Gasteiger partial charge in [0.1, 0.15) is 19.0 Å². The number of benzene rings is 1. The number of esters is 1. The Labute approximate surface area is 135 Å². The molecule has 2 aliphatic rings. The van der Waals surface area contributed by atoms with Gasteiger partial charge in [0.25, 0.3) is 0 Å². The summed E-state index contributed by atoms with van der Waals surface area (Å²) < 4.78 is 28.1. The first kappa shape index (κ1) is 16.4. The van der Waals surface area contributed by atoms with Crippen molar-refractivity contribution in [2.45, 2.75) is 51.0 Å². The molecule has 2 heterocycles. The van der Waals surface area contributed by atoms with E-state index >= 15 is 0 Å². The average molecular weight is 322 g/mol. The molecule has 1 aromatic rings. The van der Waals surface area contributed by atoms with E-state index in [-0.39, 0.29) is 31.1 Å². The van der Waals surface area contributed by atoms with Crippen LogP contribution in [0, 0.1) is 0 Å². The van der Waals surface area contributed by atoms with Crippen molar-refractivity contribution in [1.29, 1.82) is 0 Å². The topological polar surface area (TPSA) is 63.2 Å². The second kappa shape index (κ2) is 7.88. The zero-order valence-corrected chi connectivity index (χ0v) is 13.2. The summed E-state index contributed by atoms with van der Waals surface area (Å²) in [6.07, 6.45) is 0.132. The van der Waals surface area contributed by atoms with Gasteiger partial charge in [0, 0.05) is 6.92 Å². The fourth-order valence-corrected chi connectivity index (χ4v) is 2.84. The Kier molecular flexibility index (Phi) is 5.61. The van der Waals surface area contributed by atoms with Crippen LogP contribution in [0.3, 0.4) is 0 Å². The van der Waals surface area contributed by atoms with Gasteiger partial charge < -0.3 is 23.7 Å². The maximum Gasteiger partial charge on any atom is 0.305 e. The molecule has 0 bridgehead atoms. The van der Waals surface area contributed by atoms with E-state index < -0.39 is 6.29 Å². The highest BCUT2D eigenvalue weighted by Crippen LogP contribution is 2.27. The molecule has 2 aliphatic heterocycles. The van der Waals surface area contributed by atoms with Crippen LogP contribution in [-0.2, 0) is 35.1 Å². The lowest BCUT2D eigenvalue weighted by molar-refractivity contribution is -0.262. The molecule has 0 spiro atoms. The van der Waals surface area contributed by atoms with E-state index in [1.165, 1.54) is 6.92 Å². The summed E-state index contributed by atoms with van der Waals surface area (Å²) in [4.78, 5) is 11.4. The van der Waals surface area contributed by atoms with Crippen LogP contribution in [-0.4, -0.2) is 44.0 Å². The molecular formula is C17H22O6. The summed E-state index contributed by atoms with van der Waals surface area (Å²) in [6, 6.07) is 9.88. The third kappa shape index (κ3) is 4.51. The summed E-state index contributed by atoms with van der Waals surface area (Å²) >= 11 is 0. The van der Waals surface area contributed by atoms with E-state index in [0.717, 1.165) is 12.0 Å². The maximum atomic E-state index is 11.4. The lowest BCUT2D eigenvalue weighted by Gasteiger charge is -2.31. The normalized spacial score (nSPS) is 31.0. The van der Waals surface area contributed by atoms with Gasteiger partial charge in [-0.3, -0.25) is 4.79 Å². The van der Waals surface area contributed by atoms with Crippen molar-refractivity contribution in [3.8, 4) is 0 Å². The number of ether oxygens (including phenoxy) is 5. The Hall–Kier alpha value is -1.47. The molecule has 6 heteroatoms. The van der Waals surface area contributed by atoms with Gasteiger partial charge in [0.2, 0.25) is 6.29 Å². The smallest absolute Gasteiger partial charge is 0.305 e. The van der Waals surface area contributed by atoms with Crippen LogP contribution in [0.15, 0.2) is 30.3 Å². The third-order valence-corrected chi connectivity index (χ3v) is 4.00. The Morgan fingerprint density at radius 1 is 1.22 bits per heavy atom. The van der Waals surface area contributed by atoms with Crippen LogP contribution in [0.5, 0.6) is 0 Å². The molecule has 0 aromatic heterocycles. The molecule has 3 rings (SSSR count). The van der Waals surface area contributed by atoms with Gasteiger partial charge in [-0.2, -0.15) is 0 Å².